The maximum absolute atomic E-state index is 13.1. The molecule has 176 valence electrons. The van der Waals surface area contributed by atoms with Crippen LogP contribution in [0.15, 0.2) is 34.9 Å². The van der Waals surface area contributed by atoms with Crippen molar-refractivity contribution in [1.82, 2.24) is 0 Å². The topological polar surface area (TPSA) is 99.1 Å². The molecule has 2 aliphatic carbocycles. The van der Waals surface area contributed by atoms with Crippen molar-refractivity contribution in [2.75, 3.05) is 0 Å². The molecule has 0 aromatic carbocycles. The summed E-state index contributed by atoms with van der Waals surface area (Å²) in [7, 11) is 0. The van der Waals surface area contributed by atoms with E-state index in [1.807, 2.05) is 6.92 Å². The van der Waals surface area contributed by atoms with Gasteiger partial charge in [0.1, 0.15) is 12.2 Å². The van der Waals surface area contributed by atoms with Crippen LogP contribution in [-0.2, 0) is 28.6 Å². The Morgan fingerprint density at radius 1 is 1.16 bits per heavy atom. The average Bonchev–Trinajstić information content (AvgIpc) is 3.20. The van der Waals surface area contributed by atoms with Gasteiger partial charge in [-0.3, -0.25) is 0 Å². The summed E-state index contributed by atoms with van der Waals surface area (Å²) in [5.41, 5.74) is -1.05. The van der Waals surface area contributed by atoms with Gasteiger partial charge in [-0.2, -0.15) is 0 Å². The fraction of sp³-hybridized carbons (Fsp3) is 0.640. The Morgan fingerprint density at radius 2 is 1.75 bits per heavy atom. The van der Waals surface area contributed by atoms with Gasteiger partial charge in [0.05, 0.1) is 11.5 Å². The van der Waals surface area contributed by atoms with Crippen LogP contribution in [0.25, 0.3) is 0 Å². The minimum Gasteiger partial charge on any atom is -0.458 e. The van der Waals surface area contributed by atoms with Crippen molar-refractivity contribution < 1.29 is 33.7 Å². The van der Waals surface area contributed by atoms with Crippen molar-refractivity contribution >= 4 is 17.9 Å². The summed E-state index contributed by atoms with van der Waals surface area (Å²) in [6.45, 7) is 11.9. The summed E-state index contributed by atoms with van der Waals surface area (Å²) in [4.78, 5) is 38.5. The van der Waals surface area contributed by atoms with E-state index in [4.69, 9.17) is 14.2 Å². The van der Waals surface area contributed by atoms with E-state index in [1.54, 1.807) is 46.8 Å². The first-order valence-corrected chi connectivity index (χ1v) is 11.2. The van der Waals surface area contributed by atoms with Gasteiger partial charge >= 0.3 is 17.9 Å². The molecule has 0 amide bonds. The zero-order chi connectivity index (χ0) is 24.0. The molecule has 3 rings (SSSR count). The van der Waals surface area contributed by atoms with Crippen LogP contribution in [0.3, 0.4) is 0 Å². The van der Waals surface area contributed by atoms with E-state index in [1.165, 1.54) is 6.92 Å². The molecule has 7 nitrogen and oxygen atoms in total. The molecule has 2 fully saturated rings. The van der Waals surface area contributed by atoms with Crippen LogP contribution in [0.2, 0.25) is 0 Å². The van der Waals surface area contributed by atoms with Gasteiger partial charge in [0.2, 0.25) is 5.60 Å². The SMILES string of the molecule is C/C=C(/C)C(=O)O[C@H]1C[C@](C)(O)C2CC=C(C)C2[C@@H]2OC(=O)[C@@](C)(OC(=O)/C(C)=C\C)[C@H]12. The highest BCUT2D eigenvalue weighted by atomic mass is 16.6. The Hall–Kier alpha value is -2.41. The molecule has 1 N–H and O–H groups in total. The standard InChI is InChI=1S/C25H34O7/c1-8-13(3)21(26)30-17-12-24(6,29)16-11-10-15(5)18(16)20-19(17)25(7,23(28)31-20)32-22(27)14(4)9-2/h8-10,16-20,29H,11-12H2,1-7H3/b13-8-,14-9-/t16?,17-,18?,19+,20-,24-,25-/m0/s1. The summed E-state index contributed by atoms with van der Waals surface area (Å²) in [6.07, 6.45) is 4.46. The Kier molecular flexibility index (Phi) is 6.44. The lowest BCUT2D eigenvalue weighted by molar-refractivity contribution is -0.177. The minimum atomic E-state index is -1.66. The van der Waals surface area contributed by atoms with Crippen molar-refractivity contribution in [3.05, 3.63) is 34.9 Å². The molecule has 7 heteroatoms. The molecule has 0 radical (unpaired) electrons. The lowest BCUT2D eigenvalue weighted by Crippen LogP contribution is -2.51. The number of rotatable bonds is 4. The predicted molar refractivity (Wildman–Crippen MR) is 117 cm³/mol. The summed E-state index contributed by atoms with van der Waals surface area (Å²) in [6, 6.07) is 0. The maximum atomic E-state index is 13.1. The summed E-state index contributed by atoms with van der Waals surface area (Å²) >= 11 is 0. The Labute approximate surface area is 189 Å². The third-order valence-corrected chi connectivity index (χ3v) is 7.53. The fourth-order valence-corrected chi connectivity index (χ4v) is 5.32. The molecular weight excluding hydrogens is 412 g/mol. The third-order valence-electron chi connectivity index (χ3n) is 7.53. The monoisotopic (exact) mass is 446 g/mol. The van der Waals surface area contributed by atoms with E-state index in [0.717, 1.165) is 5.57 Å². The highest BCUT2D eigenvalue weighted by Gasteiger charge is 2.67. The molecule has 1 saturated carbocycles. The van der Waals surface area contributed by atoms with E-state index in [0.29, 0.717) is 17.6 Å². The summed E-state index contributed by atoms with van der Waals surface area (Å²) < 4.78 is 17.5. The smallest absolute Gasteiger partial charge is 0.351 e. The van der Waals surface area contributed by atoms with Crippen LogP contribution < -0.4 is 0 Å². The van der Waals surface area contributed by atoms with Crippen LogP contribution in [0.5, 0.6) is 0 Å². The molecule has 32 heavy (non-hydrogen) atoms. The molecule has 1 heterocycles. The van der Waals surface area contributed by atoms with Gasteiger partial charge in [-0.05, 0) is 54.9 Å². The Bertz CT molecular complexity index is 909. The molecule has 0 aromatic heterocycles. The highest BCUT2D eigenvalue weighted by Crippen LogP contribution is 2.55. The van der Waals surface area contributed by atoms with E-state index in [9.17, 15) is 19.5 Å². The number of hydrogen-bond acceptors (Lipinski definition) is 7. The number of hydrogen-bond donors (Lipinski definition) is 1. The van der Waals surface area contributed by atoms with Crippen molar-refractivity contribution in [2.45, 2.75) is 84.7 Å². The van der Waals surface area contributed by atoms with Gasteiger partial charge < -0.3 is 19.3 Å². The first-order valence-electron chi connectivity index (χ1n) is 11.2. The predicted octanol–water partition coefficient (Wildman–Crippen LogP) is 3.41. The number of esters is 3. The molecule has 0 bridgehead atoms. The molecule has 1 saturated heterocycles. The molecule has 2 unspecified atom stereocenters. The molecule has 7 atom stereocenters. The van der Waals surface area contributed by atoms with Crippen LogP contribution in [0.4, 0.5) is 0 Å². The number of allylic oxidation sites excluding steroid dienone is 3. The Balaban J connectivity index is 2.11. The van der Waals surface area contributed by atoms with E-state index >= 15 is 0 Å². The number of carbonyl (C=O) groups excluding carboxylic acids is 3. The largest absolute Gasteiger partial charge is 0.458 e. The normalized spacial score (nSPS) is 39.4. The summed E-state index contributed by atoms with van der Waals surface area (Å²) in [5.74, 6) is -3.05. The zero-order valence-corrected chi connectivity index (χ0v) is 19.9. The molecule has 0 aromatic rings. The minimum absolute atomic E-state index is 0.103. The molecular formula is C25H34O7. The molecule has 0 spiro atoms. The molecule has 1 aliphatic heterocycles. The fourth-order valence-electron chi connectivity index (χ4n) is 5.32. The third kappa shape index (κ3) is 3.91. The van der Waals surface area contributed by atoms with Gasteiger partial charge in [-0.1, -0.05) is 23.8 Å². The van der Waals surface area contributed by atoms with Crippen molar-refractivity contribution in [1.29, 1.82) is 0 Å². The van der Waals surface area contributed by atoms with Gasteiger partial charge in [0, 0.05) is 29.4 Å². The van der Waals surface area contributed by atoms with E-state index in [2.05, 4.69) is 6.08 Å². The highest BCUT2D eigenvalue weighted by molar-refractivity contribution is 5.92. The van der Waals surface area contributed by atoms with E-state index in [-0.39, 0.29) is 18.3 Å². The van der Waals surface area contributed by atoms with Crippen LogP contribution in [-0.4, -0.2) is 46.4 Å². The van der Waals surface area contributed by atoms with Gasteiger partial charge in [0.25, 0.3) is 0 Å². The van der Waals surface area contributed by atoms with Crippen molar-refractivity contribution in [2.24, 2.45) is 17.8 Å². The van der Waals surface area contributed by atoms with Crippen molar-refractivity contribution in [3.8, 4) is 0 Å². The second-order valence-electron chi connectivity index (χ2n) is 9.66. The zero-order valence-electron chi connectivity index (χ0n) is 19.9. The van der Waals surface area contributed by atoms with Gasteiger partial charge in [-0.25, -0.2) is 14.4 Å². The van der Waals surface area contributed by atoms with E-state index < -0.39 is 47.2 Å². The number of aliphatic hydroxyl groups is 1. The van der Waals surface area contributed by atoms with Crippen LogP contribution in [0, 0.1) is 17.8 Å². The van der Waals surface area contributed by atoms with Crippen molar-refractivity contribution in [3.63, 3.8) is 0 Å². The second kappa shape index (κ2) is 8.50. The lowest BCUT2D eigenvalue weighted by Gasteiger charge is -2.35. The second-order valence-corrected chi connectivity index (χ2v) is 9.66. The number of ether oxygens (including phenoxy) is 3. The lowest BCUT2D eigenvalue weighted by atomic mass is 9.75. The van der Waals surface area contributed by atoms with Gasteiger partial charge in [0.15, 0.2) is 0 Å². The number of fused-ring (bicyclic) bond motifs is 3. The Morgan fingerprint density at radius 3 is 2.34 bits per heavy atom. The number of carbonyl (C=O) groups is 3. The maximum Gasteiger partial charge on any atom is 0.351 e. The first kappa shape index (κ1) is 24.2. The van der Waals surface area contributed by atoms with Crippen LogP contribution in [0.1, 0.15) is 61.3 Å². The average molecular weight is 447 g/mol. The summed E-state index contributed by atoms with van der Waals surface area (Å²) in [5, 5.41) is 11.4. The first-order chi connectivity index (χ1) is 14.9. The molecule has 3 aliphatic rings. The quantitative estimate of drug-likeness (QED) is 0.306. The van der Waals surface area contributed by atoms with Gasteiger partial charge in [-0.15, -0.1) is 0 Å². The van der Waals surface area contributed by atoms with Crippen LogP contribution >= 0.6 is 0 Å².